The quantitative estimate of drug-likeness (QED) is 0.348. The van der Waals surface area contributed by atoms with Gasteiger partial charge in [-0.05, 0) is 6.07 Å². The van der Waals surface area contributed by atoms with E-state index in [4.69, 9.17) is 5.73 Å². The number of benzene rings is 1. The summed E-state index contributed by atoms with van der Waals surface area (Å²) in [6, 6.07) is 3.42. The Morgan fingerprint density at radius 1 is 1.39 bits per heavy atom. The Kier molecular flexibility index (Phi) is 3.99. The van der Waals surface area contributed by atoms with Crippen molar-refractivity contribution in [3.63, 3.8) is 0 Å². The molecule has 1 amide bonds. The molecule has 2 N–H and O–H groups in total. The topological polar surface area (TPSA) is 113 Å². The number of primary amides is 1. The lowest BCUT2D eigenvalue weighted by Gasteiger charge is -1.98. The van der Waals surface area contributed by atoms with Gasteiger partial charge < -0.3 is 10.5 Å². The zero-order chi connectivity index (χ0) is 13.7. The van der Waals surface area contributed by atoms with E-state index in [2.05, 4.69) is 16.6 Å². The van der Waals surface area contributed by atoms with E-state index in [9.17, 15) is 19.7 Å². The van der Waals surface area contributed by atoms with Crippen molar-refractivity contribution in [3.05, 3.63) is 39.4 Å². The summed E-state index contributed by atoms with van der Waals surface area (Å²) in [6.07, 6.45) is 0. The molecular formula is C11H8N2O5. The number of ether oxygens (including phenoxy) is 1. The number of hydrogen-bond donors (Lipinski definition) is 1. The molecule has 0 aliphatic rings. The number of carbonyl (C=O) groups excluding carboxylic acids is 2. The number of non-ortho nitro benzene ring substituents is 1. The third-order valence-corrected chi connectivity index (χ3v) is 1.91. The molecule has 0 aliphatic carbocycles. The average Bonchev–Trinajstić information content (AvgIpc) is 2.35. The number of carbonyl (C=O) groups is 2. The van der Waals surface area contributed by atoms with Gasteiger partial charge in [-0.25, -0.2) is 4.79 Å². The molecular weight excluding hydrogens is 240 g/mol. The lowest BCUT2D eigenvalue weighted by molar-refractivity contribution is -0.384. The molecule has 1 rings (SSSR count). The van der Waals surface area contributed by atoms with Gasteiger partial charge in [0, 0.05) is 29.2 Å². The van der Waals surface area contributed by atoms with E-state index in [1.54, 1.807) is 0 Å². The second-order valence-electron chi connectivity index (χ2n) is 3.13. The highest BCUT2D eigenvalue weighted by molar-refractivity contribution is 5.94. The van der Waals surface area contributed by atoms with Crippen LogP contribution in [-0.2, 0) is 9.53 Å². The van der Waals surface area contributed by atoms with Crippen LogP contribution in [-0.4, -0.2) is 23.9 Å². The summed E-state index contributed by atoms with van der Waals surface area (Å²) in [7, 11) is 1.15. The minimum atomic E-state index is -0.820. The number of nitro benzene ring substituents is 1. The van der Waals surface area contributed by atoms with Gasteiger partial charge in [-0.15, -0.1) is 0 Å². The maximum Gasteiger partial charge on any atom is 0.384 e. The van der Waals surface area contributed by atoms with Crippen LogP contribution in [0.1, 0.15) is 15.9 Å². The van der Waals surface area contributed by atoms with Crippen LogP contribution in [0.2, 0.25) is 0 Å². The van der Waals surface area contributed by atoms with Gasteiger partial charge in [-0.1, -0.05) is 5.92 Å². The van der Waals surface area contributed by atoms with Crippen LogP contribution in [0.3, 0.4) is 0 Å². The first-order valence-corrected chi connectivity index (χ1v) is 4.63. The molecule has 0 radical (unpaired) electrons. The highest BCUT2D eigenvalue weighted by Crippen LogP contribution is 2.16. The van der Waals surface area contributed by atoms with Crippen LogP contribution in [0.15, 0.2) is 18.2 Å². The summed E-state index contributed by atoms with van der Waals surface area (Å²) in [4.78, 5) is 31.7. The van der Waals surface area contributed by atoms with E-state index in [1.165, 1.54) is 6.07 Å². The molecule has 92 valence electrons. The zero-order valence-electron chi connectivity index (χ0n) is 9.30. The van der Waals surface area contributed by atoms with Crippen molar-refractivity contribution >= 4 is 17.6 Å². The molecule has 0 spiro atoms. The molecule has 1 aromatic rings. The minimum absolute atomic E-state index is 0.0571. The van der Waals surface area contributed by atoms with Crippen molar-refractivity contribution in [2.75, 3.05) is 7.11 Å². The van der Waals surface area contributed by atoms with Gasteiger partial charge >= 0.3 is 5.97 Å². The van der Waals surface area contributed by atoms with Crippen molar-refractivity contribution in [2.24, 2.45) is 5.73 Å². The summed E-state index contributed by atoms with van der Waals surface area (Å²) in [5, 5.41) is 10.6. The third-order valence-electron chi connectivity index (χ3n) is 1.91. The fraction of sp³-hybridized carbons (Fsp3) is 0.0909. The molecule has 0 bridgehead atoms. The monoisotopic (exact) mass is 248 g/mol. The van der Waals surface area contributed by atoms with E-state index in [-0.39, 0.29) is 16.8 Å². The summed E-state index contributed by atoms with van der Waals surface area (Å²) in [5.74, 6) is 2.83. The van der Waals surface area contributed by atoms with Gasteiger partial charge in [0.15, 0.2) is 0 Å². The molecule has 18 heavy (non-hydrogen) atoms. The highest BCUT2D eigenvalue weighted by atomic mass is 16.6. The van der Waals surface area contributed by atoms with Crippen LogP contribution in [0, 0.1) is 22.0 Å². The molecule has 0 aromatic heterocycles. The molecule has 0 atom stereocenters. The number of amides is 1. The lowest BCUT2D eigenvalue weighted by Crippen LogP contribution is -2.11. The van der Waals surface area contributed by atoms with Crippen molar-refractivity contribution in [1.29, 1.82) is 0 Å². The summed E-state index contributed by atoms with van der Waals surface area (Å²) in [5.41, 5.74) is 4.77. The predicted octanol–water partition coefficient (Wildman–Crippen LogP) is 0.218. The molecule has 0 saturated carbocycles. The standard InChI is InChI=1S/C11H8N2O5/c1-18-10(14)3-2-7-4-8(11(12)15)6-9(5-7)13(16)17/h4-6H,1H3,(H2,12,15). The minimum Gasteiger partial charge on any atom is -0.459 e. The maximum absolute atomic E-state index is 11.0. The van der Waals surface area contributed by atoms with Crippen molar-refractivity contribution < 1.29 is 19.2 Å². The van der Waals surface area contributed by atoms with Crippen molar-refractivity contribution in [3.8, 4) is 11.8 Å². The fourth-order valence-electron chi connectivity index (χ4n) is 1.11. The van der Waals surface area contributed by atoms with E-state index < -0.39 is 16.8 Å². The zero-order valence-corrected chi connectivity index (χ0v) is 9.30. The highest BCUT2D eigenvalue weighted by Gasteiger charge is 2.11. The van der Waals surface area contributed by atoms with Crippen LogP contribution in [0.25, 0.3) is 0 Å². The largest absolute Gasteiger partial charge is 0.459 e. The molecule has 0 fully saturated rings. The van der Waals surface area contributed by atoms with Gasteiger partial charge in [0.1, 0.15) is 0 Å². The number of esters is 1. The maximum atomic E-state index is 11.0. The number of nitrogens with two attached hydrogens (primary N) is 1. The number of nitro groups is 1. The smallest absolute Gasteiger partial charge is 0.384 e. The predicted molar refractivity (Wildman–Crippen MR) is 60.5 cm³/mol. The third kappa shape index (κ3) is 3.31. The second kappa shape index (κ2) is 5.45. The van der Waals surface area contributed by atoms with Crippen molar-refractivity contribution in [2.45, 2.75) is 0 Å². The Balaban J connectivity index is 3.26. The molecule has 1 aromatic carbocycles. The van der Waals surface area contributed by atoms with Gasteiger partial charge in [-0.3, -0.25) is 14.9 Å². The first-order chi connectivity index (χ1) is 8.43. The van der Waals surface area contributed by atoms with Gasteiger partial charge in [0.25, 0.3) is 5.69 Å². The molecule has 0 unspecified atom stereocenters. The number of nitrogens with zero attached hydrogens (tertiary/aromatic N) is 1. The average molecular weight is 248 g/mol. The van der Waals surface area contributed by atoms with E-state index in [1.807, 2.05) is 0 Å². The summed E-state index contributed by atoms with van der Waals surface area (Å²) >= 11 is 0. The lowest BCUT2D eigenvalue weighted by atomic mass is 10.1. The summed E-state index contributed by atoms with van der Waals surface area (Å²) < 4.78 is 4.29. The van der Waals surface area contributed by atoms with Gasteiger partial charge in [0.05, 0.1) is 12.0 Å². The van der Waals surface area contributed by atoms with Gasteiger partial charge in [-0.2, -0.15) is 0 Å². The van der Waals surface area contributed by atoms with E-state index in [0.29, 0.717) is 0 Å². The Morgan fingerprint density at radius 3 is 2.56 bits per heavy atom. The Hall–Kier alpha value is -2.88. The normalized spacial score (nSPS) is 8.94. The number of hydrogen-bond acceptors (Lipinski definition) is 5. The molecule has 0 saturated heterocycles. The van der Waals surface area contributed by atoms with Gasteiger partial charge in [0.2, 0.25) is 5.91 Å². The van der Waals surface area contributed by atoms with Crippen LogP contribution in [0.4, 0.5) is 5.69 Å². The first-order valence-electron chi connectivity index (χ1n) is 4.63. The van der Waals surface area contributed by atoms with E-state index >= 15 is 0 Å². The van der Waals surface area contributed by atoms with Crippen LogP contribution >= 0.6 is 0 Å². The van der Waals surface area contributed by atoms with Crippen LogP contribution in [0.5, 0.6) is 0 Å². The number of methoxy groups -OCH3 is 1. The Morgan fingerprint density at radius 2 is 2.06 bits per heavy atom. The molecule has 7 nitrogen and oxygen atoms in total. The van der Waals surface area contributed by atoms with E-state index in [0.717, 1.165) is 19.2 Å². The fourth-order valence-corrected chi connectivity index (χ4v) is 1.11. The molecule has 0 aliphatic heterocycles. The van der Waals surface area contributed by atoms with Crippen molar-refractivity contribution in [1.82, 2.24) is 0 Å². The molecule has 7 heteroatoms. The number of rotatable bonds is 2. The first kappa shape index (κ1) is 13.2. The Bertz CT molecular complexity index is 551. The summed E-state index contributed by atoms with van der Waals surface area (Å²) in [6.45, 7) is 0. The Labute approximate surface area is 102 Å². The second-order valence-corrected chi connectivity index (χ2v) is 3.13. The molecule has 0 heterocycles. The SMILES string of the molecule is COC(=O)C#Cc1cc(C(N)=O)cc([N+](=O)[O-])c1. The van der Waals surface area contributed by atoms with Crippen LogP contribution < -0.4 is 5.73 Å².